The van der Waals surface area contributed by atoms with E-state index in [4.69, 9.17) is 9.73 Å². The van der Waals surface area contributed by atoms with Crippen molar-refractivity contribution in [3.05, 3.63) is 29.8 Å². The second-order valence-corrected chi connectivity index (χ2v) is 8.27. The average Bonchev–Trinajstić information content (AvgIpc) is 3.19. The molecular formula is C23H38N4O. The third-order valence-corrected chi connectivity index (χ3v) is 5.97. The van der Waals surface area contributed by atoms with Crippen LogP contribution in [0.3, 0.4) is 0 Å². The molecule has 1 unspecified atom stereocenters. The maximum Gasteiger partial charge on any atom is 0.194 e. The van der Waals surface area contributed by atoms with Crippen LogP contribution in [0.15, 0.2) is 29.3 Å². The topological polar surface area (TPSA) is 40.1 Å². The van der Waals surface area contributed by atoms with Gasteiger partial charge in [0.2, 0.25) is 0 Å². The third-order valence-electron chi connectivity index (χ3n) is 5.97. The van der Waals surface area contributed by atoms with Crippen LogP contribution in [-0.4, -0.2) is 56.8 Å². The number of ether oxygens (including phenoxy) is 1. The van der Waals surface area contributed by atoms with Gasteiger partial charge in [0.05, 0.1) is 13.2 Å². The highest BCUT2D eigenvalue weighted by molar-refractivity contribution is 5.80. The molecule has 3 rings (SSSR count). The van der Waals surface area contributed by atoms with Crippen molar-refractivity contribution >= 4 is 11.6 Å². The van der Waals surface area contributed by atoms with Gasteiger partial charge in [0, 0.05) is 50.9 Å². The van der Waals surface area contributed by atoms with Crippen LogP contribution in [0.4, 0.5) is 5.69 Å². The number of nitrogens with one attached hydrogen (secondary N) is 1. The lowest BCUT2D eigenvalue weighted by Crippen LogP contribution is -2.40. The number of likely N-dealkylation sites (tertiary alicyclic amines) is 1. The summed E-state index contributed by atoms with van der Waals surface area (Å²) in [5, 5.41) is 3.47. The zero-order chi connectivity index (χ0) is 19.8. The van der Waals surface area contributed by atoms with Gasteiger partial charge < -0.3 is 19.9 Å². The first-order chi connectivity index (χ1) is 13.7. The lowest BCUT2D eigenvalue weighted by Gasteiger charge is -2.32. The molecule has 0 spiro atoms. The fourth-order valence-corrected chi connectivity index (χ4v) is 4.12. The standard InChI is InChI=1S/C23H38N4O/c1-4-24-23(27-15-12-21(17-27)18-28-5-2)25-16-20-6-8-22(9-7-20)26-13-10-19(3)11-14-26/h6-9,19,21H,4-5,10-18H2,1-3H3,(H,24,25). The van der Waals surface area contributed by atoms with Gasteiger partial charge >= 0.3 is 0 Å². The first-order valence-corrected chi connectivity index (χ1v) is 11.1. The summed E-state index contributed by atoms with van der Waals surface area (Å²) in [6.07, 6.45) is 3.80. The number of hydrogen-bond acceptors (Lipinski definition) is 3. The molecule has 1 aromatic rings. The lowest BCUT2D eigenvalue weighted by molar-refractivity contribution is 0.114. The molecular weight excluding hydrogens is 348 g/mol. The molecule has 28 heavy (non-hydrogen) atoms. The van der Waals surface area contributed by atoms with Gasteiger partial charge in [0.25, 0.3) is 0 Å². The Morgan fingerprint density at radius 1 is 1.11 bits per heavy atom. The number of nitrogens with zero attached hydrogens (tertiary/aromatic N) is 3. The second kappa shape index (κ2) is 10.7. The van der Waals surface area contributed by atoms with Crippen LogP contribution in [0.1, 0.15) is 45.6 Å². The van der Waals surface area contributed by atoms with Gasteiger partial charge in [0.1, 0.15) is 0 Å². The van der Waals surface area contributed by atoms with E-state index in [2.05, 4.69) is 60.2 Å². The van der Waals surface area contributed by atoms with Crippen LogP contribution < -0.4 is 10.2 Å². The molecule has 2 heterocycles. The van der Waals surface area contributed by atoms with Gasteiger partial charge in [-0.1, -0.05) is 19.1 Å². The summed E-state index contributed by atoms with van der Waals surface area (Å²) < 4.78 is 5.61. The maximum atomic E-state index is 5.61. The van der Waals surface area contributed by atoms with E-state index in [0.29, 0.717) is 5.92 Å². The summed E-state index contributed by atoms with van der Waals surface area (Å²) in [4.78, 5) is 9.81. The number of aliphatic imine (C=N–C) groups is 1. The Morgan fingerprint density at radius 3 is 2.54 bits per heavy atom. The number of guanidine groups is 1. The number of rotatable bonds is 7. The zero-order valence-corrected chi connectivity index (χ0v) is 18.0. The first-order valence-electron chi connectivity index (χ1n) is 11.1. The molecule has 0 aromatic heterocycles. The molecule has 156 valence electrons. The van der Waals surface area contributed by atoms with Crippen LogP contribution in [0, 0.1) is 11.8 Å². The summed E-state index contributed by atoms with van der Waals surface area (Å²) >= 11 is 0. The van der Waals surface area contributed by atoms with Gasteiger partial charge in [0.15, 0.2) is 5.96 Å². The summed E-state index contributed by atoms with van der Waals surface area (Å²) in [6, 6.07) is 9.01. The first kappa shape index (κ1) is 21.0. The van der Waals surface area contributed by atoms with Crippen LogP contribution in [0.2, 0.25) is 0 Å². The Labute approximate surface area is 171 Å². The molecule has 5 heteroatoms. The Morgan fingerprint density at radius 2 is 1.86 bits per heavy atom. The van der Waals surface area contributed by atoms with Crippen molar-refractivity contribution in [1.82, 2.24) is 10.2 Å². The van der Waals surface area contributed by atoms with Crippen molar-refractivity contribution in [3.8, 4) is 0 Å². The van der Waals surface area contributed by atoms with Crippen molar-refractivity contribution < 1.29 is 4.74 Å². The summed E-state index contributed by atoms with van der Waals surface area (Å²) in [6.45, 7) is 14.3. The minimum absolute atomic E-state index is 0.621. The molecule has 0 amide bonds. The van der Waals surface area contributed by atoms with Crippen LogP contribution >= 0.6 is 0 Å². The minimum atomic E-state index is 0.621. The maximum absolute atomic E-state index is 5.61. The van der Waals surface area contributed by atoms with E-state index in [1.807, 2.05) is 0 Å². The molecule has 2 fully saturated rings. The highest BCUT2D eigenvalue weighted by Gasteiger charge is 2.24. The Kier molecular flexibility index (Phi) is 8.01. The van der Waals surface area contributed by atoms with Crippen molar-refractivity contribution in [2.24, 2.45) is 16.8 Å². The largest absolute Gasteiger partial charge is 0.381 e. The molecule has 0 bridgehead atoms. The van der Waals surface area contributed by atoms with E-state index in [9.17, 15) is 0 Å². The van der Waals surface area contributed by atoms with E-state index in [0.717, 1.165) is 51.3 Å². The van der Waals surface area contributed by atoms with Gasteiger partial charge in [-0.25, -0.2) is 4.99 Å². The molecule has 0 aliphatic carbocycles. The lowest BCUT2D eigenvalue weighted by atomic mass is 9.99. The zero-order valence-electron chi connectivity index (χ0n) is 18.0. The quantitative estimate of drug-likeness (QED) is 0.572. The fraction of sp³-hybridized carbons (Fsp3) is 0.696. The van der Waals surface area contributed by atoms with Crippen LogP contribution in [0.5, 0.6) is 0 Å². The second-order valence-electron chi connectivity index (χ2n) is 8.27. The van der Waals surface area contributed by atoms with Gasteiger partial charge in [-0.15, -0.1) is 0 Å². The third kappa shape index (κ3) is 5.87. The van der Waals surface area contributed by atoms with Crippen molar-refractivity contribution in [3.63, 3.8) is 0 Å². The monoisotopic (exact) mass is 386 g/mol. The predicted octanol–water partition coefficient (Wildman–Crippen LogP) is 3.75. The van der Waals surface area contributed by atoms with E-state index >= 15 is 0 Å². The molecule has 2 aliphatic heterocycles. The Balaban J connectivity index is 1.55. The smallest absolute Gasteiger partial charge is 0.194 e. The molecule has 5 nitrogen and oxygen atoms in total. The molecule has 2 saturated heterocycles. The Hall–Kier alpha value is -1.75. The Bertz CT molecular complexity index is 608. The van der Waals surface area contributed by atoms with Crippen molar-refractivity contribution in [2.45, 2.75) is 46.6 Å². The predicted molar refractivity (Wildman–Crippen MR) is 118 cm³/mol. The minimum Gasteiger partial charge on any atom is -0.381 e. The fourth-order valence-electron chi connectivity index (χ4n) is 4.12. The average molecular weight is 387 g/mol. The summed E-state index contributed by atoms with van der Waals surface area (Å²) in [5.74, 6) is 2.53. The molecule has 0 radical (unpaired) electrons. The highest BCUT2D eigenvalue weighted by Crippen LogP contribution is 2.23. The number of hydrogen-bond donors (Lipinski definition) is 1. The molecule has 0 saturated carbocycles. The summed E-state index contributed by atoms with van der Waals surface area (Å²) in [7, 11) is 0. The van der Waals surface area contributed by atoms with Crippen LogP contribution in [-0.2, 0) is 11.3 Å². The van der Waals surface area contributed by atoms with Gasteiger partial charge in [-0.2, -0.15) is 0 Å². The number of piperidine rings is 1. The SMILES string of the molecule is CCNC(=NCc1ccc(N2CCC(C)CC2)cc1)N1CCC(COCC)C1. The van der Waals surface area contributed by atoms with Gasteiger partial charge in [-0.05, 0) is 56.7 Å². The molecule has 2 aliphatic rings. The van der Waals surface area contributed by atoms with E-state index < -0.39 is 0 Å². The van der Waals surface area contributed by atoms with E-state index in [1.165, 1.54) is 43.6 Å². The van der Waals surface area contributed by atoms with Crippen molar-refractivity contribution in [2.75, 3.05) is 50.8 Å². The number of benzene rings is 1. The summed E-state index contributed by atoms with van der Waals surface area (Å²) in [5.41, 5.74) is 2.62. The molecule has 1 atom stereocenters. The van der Waals surface area contributed by atoms with Crippen molar-refractivity contribution in [1.29, 1.82) is 0 Å². The molecule has 1 aromatic carbocycles. The van der Waals surface area contributed by atoms with E-state index in [-0.39, 0.29) is 0 Å². The molecule has 1 N–H and O–H groups in total. The van der Waals surface area contributed by atoms with Crippen LogP contribution in [0.25, 0.3) is 0 Å². The number of anilines is 1. The normalized spacial score (nSPS) is 21.4. The van der Waals surface area contributed by atoms with Gasteiger partial charge in [-0.3, -0.25) is 0 Å². The highest BCUT2D eigenvalue weighted by atomic mass is 16.5. The van der Waals surface area contributed by atoms with E-state index in [1.54, 1.807) is 0 Å².